The summed E-state index contributed by atoms with van der Waals surface area (Å²) in [5, 5.41) is 172. The molecule has 5 saturated heterocycles. The topological polar surface area (TPSA) is 450 Å². The van der Waals surface area contributed by atoms with Gasteiger partial charge < -0.3 is 129 Å². The van der Waals surface area contributed by atoms with E-state index in [0.29, 0.717) is 57.8 Å². The molecule has 10 aliphatic rings. The Hall–Kier alpha value is -2.28. The zero-order valence-corrected chi connectivity index (χ0v) is 51.1. The van der Waals surface area contributed by atoms with Gasteiger partial charge in [0.05, 0.1) is 37.4 Å². The standard InChI is InChI=1S/C60H96O28/c1-23-32(64)36(68)39(71)49(79-23)84-44-35(67)28(22-63)82-52(43(44)75)88-54(78)60-17-15-55(2,3)19-25(60)24-9-10-30-57(6)13-12-31(56(4,5)29(57)11-14-59(30,8)58(24,7)16-18-60)83-53-46(86-51-41(73)38(70)34(66)27(21-62)81-51)42(74)45(47(87-53)48(76)77)85-50-40(72)37(69)33(65)26(20-61)80-50/h9,23,25-47,49-53,61-75H,10-22H2,1-8H3,(H,76,77). The van der Waals surface area contributed by atoms with Crippen molar-refractivity contribution >= 4 is 11.9 Å². The van der Waals surface area contributed by atoms with Gasteiger partial charge in [0.15, 0.2) is 31.3 Å². The van der Waals surface area contributed by atoms with Gasteiger partial charge in [-0.15, -0.1) is 0 Å². The Bertz CT molecular complexity index is 2500. The maximum atomic E-state index is 15.3. The lowest BCUT2D eigenvalue weighted by atomic mass is 9.33. The van der Waals surface area contributed by atoms with Crippen LogP contribution in [0.2, 0.25) is 0 Å². The number of carboxylic acid groups (broad SMARTS) is 1. The third kappa shape index (κ3) is 11.3. The smallest absolute Gasteiger partial charge is 0.335 e. The van der Waals surface area contributed by atoms with Crippen molar-refractivity contribution in [2.75, 3.05) is 19.8 Å². The van der Waals surface area contributed by atoms with E-state index in [4.69, 9.17) is 47.4 Å². The normalized spacial score (nSPS) is 53.5. The third-order valence-corrected chi connectivity index (χ3v) is 23.5. The quantitative estimate of drug-likeness (QED) is 0.0466. The summed E-state index contributed by atoms with van der Waals surface area (Å²) in [4.78, 5) is 28.4. The second-order valence-electron chi connectivity index (χ2n) is 29.1. The highest BCUT2D eigenvalue weighted by Gasteiger charge is 2.71. The first-order valence-electron chi connectivity index (χ1n) is 31.2. The molecule has 504 valence electrons. The van der Waals surface area contributed by atoms with Crippen LogP contribution in [0.1, 0.15) is 120 Å². The number of esters is 1. The molecule has 5 aliphatic carbocycles. The number of carbonyl (C=O) groups is 2. The van der Waals surface area contributed by atoms with E-state index in [1.165, 1.54) is 6.92 Å². The molecule has 0 aromatic rings. The van der Waals surface area contributed by atoms with Gasteiger partial charge in [0.1, 0.15) is 110 Å². The molecule has 5 aliphatic heterocycles. The molecule has 0 aromatic heterocycles. The van der Waals surface area contributed by atoms with Crippen molar-refractivity contribution in [2.45, 2.75) is 279 Å². The summed E-state index contributed by atoms with van der Waals surface area (Å²) in [7, 11) is 0. The summed E-state index contributed by atoms with van der Waals surface area (Å²) in [5.41, 5.74) is -1.96. The van der Waals surface area contributed by atoms with Crippen molar-refractivity contribution in [3.05, 3.63) is 11.6 Å². The highest BCUT2D eigenvalue weighted by atomic mass is 16.8. The molecule has 33 unspecified atom stereocenters. The summed E-state index contributed by atoms with van der Waals surface area (Å²) in [5.74, 6) is -2.57. The molecule has 0 amide bonds. The molecule has 5 heterocycles. The number of fused-ring (bicyclic) bond motifs is 7. The fraction of sp³-hybridized carbons (Fsp3) is 0.933. The molecule has 0 radical (unpaired) electrons. The number of ether oxygens (including phenoxy) is 10. The number of allylic oxidation sites excluding steroid dienone is 2. The highest BCUT2D eigenvalue weighted by Crippen LogP contribution is 2.76. The largest absolute Gasteiger partial charge is 0.479 e. The zero-order valence-electron chi connectivity index (χ0n) is 51.1. The average Bonchev–Trinajstić information content (AvgIpc) is 0.695. The van der Waals surface area contributed by atoms with Crippen LogP contribution < -0.4 is 0 Å². The number of carboxylic acids is 1. The highest BCUT2D eigenvalue weighted by molar-refractivity contribution is 5.79. The predicted molar refractivity (Wildman–Crippen MR) is 295 cm³/mol. The first kappa shape index (κ1) is 68.6. The average molecular weight is 1270 g/mol. The van der Waals surface area contributed by atoms with Crippen LogP contribution in [0, 0.1) is 50.2 Å². The summed E-state index contributed by atoms with van der Waals surface area (Å²) in [6, 6.07) is 0. The lowest BCUT2D eigenvalue weighted by Crippen LogP contribution is -2.68. The predicted octanol–water partition coefficient (Wildman–Crippen LogP) is -3.09. The van der Waals surface area contributed by atoms with Crippen molar-refractivity contribution in [2.24, 2.45) is 50.2 Å². The van der Waals surface area contributed by atoms with Crippen LogP contribution in [0.25, 0.3) is 0 Å². The lowest BCUT2D eigenvalue weighted by Gasteiger charge is -2.71. The Morgan fingerprint density at radius 2 is 1.03 bits per heavy atom. The first-order valence-corrected chi connectivity index (χ1v) is 31.2. The van der Waals surface area contributed by atoms with Crippen LogP contribution in [0.4, 0.5) is 0 Å². The molecule has 0 spiro atoms. The summed E-state index contributed by atoms with van der Waals surface area (Å²) in [6.45, 7) is 14.4. The van der Waals surface area contributed by atoms with Gasteiger partial charge in [0, 0.05) is 0 Å². The number of carbonyl (C=O) groups excluding carboxylic acids is 1. The summed E-state index contributed by atoms with van der Waals surface area (Å²) >= 11 is 0. The Kier molecular flexibility index (Phi) is 19.6. The monoisotopic (exact) mass is 1260 g/mol. The summed E-state index contributed by atoms with van der Waals surface area (Å²) in [6.07, 6.45) is -36.7. The maximum absolute atomic E-state index is 15.3. The van der Waals surface area contributed by atoms with E-state index < -0.39 is 208 Å². The molecule has 4 saturated carbocycles. The molecule has 9 fully saturated rings. The van der Waals surface area contributed by atoms with Gasteiger partial charge in [-0.3, -0.25) is 4.79 Å². The van der Waals surface area contributed by atoms with Gasteiger partial charge in [-0.05, 0) is 116 Å². The molecule has 28 nitrogen and oxygen atoms in total. The van der Waals surface area contributed by atoms with E-state index in [-0.39, 0.29) is 34.0 Å². The molecule has 16 N–H and O–H groups in total. The molecule has 0 aromatic carbocycles. The van der Waals surface area contributed by atoms with Crippen molar-refractivity contribution in [3.8, 4) is 0 Å². The molecular weight excluding hydrogens is 1170 g/mol. The minimum Gasteiger partial charge on any atom is -0.479 e. The number of aliphatic hydroxyl groups excluding tert-OH is 15. The Balaban J connectivity index is 0.901. The van der Waals surface area contributed by atoms with Crippen LogP contribution in [0.5, 0.6) is 0 Å². The van der Waals surface area contributed by atoms with Crippen LogP contribution in [0.3, 0.4) is 0 Å². The van der Waals surface area contributed by atoms with Crippen LogP contribution in [0.15, 0.2) is 11.6 Å². The SMILES string of the molecule is CC1OC(OC2C(O)C(CO)OC(OC(=O)C34CCC(C)(C)CC3C3=CCC5C6(C)CCC(OC7OC(C(=O)O)C(OC8OC(CO)C(O)C(O)C8O)C(O)C7OC7OC(CO)C(O)C(O)C7O)C(C)(C)C6CCC5(C)C3(C)CC4)C2O)C(O)C(O)C1O. The Morgan fingerprint density at radius 1 is 0.511 bits per heavy atom. The van der Waals surface area contributed by atoms with E-state index in [0.717, 1.165) is 12.0 Å². The lowest BCUT2D eigenvalue weighted by molar-refractivity contribution is -0.391. The van der Waals surface area contributed by atoms with Gasteiger partial charge in [-0.1, -0.05) is 60.1 Å². The minimum absolute atomic E-state index is 0.0542. The van der Waals surface area contributed by atoms with Crippen LogP contribution >= 0.6 is 0 Å². The van der Waals surface area contributed by atoms with Gasteiger partial charge in [0.25, 0.3) is 0 Å². The fourth-order valence-electron chi connectivity index (χ4n) is 17.9. The first-order chi connectivity index (χ1) is 41.2. The number of aliphatic hydroxyl groups is 15. The van der Waals surface area contributed by atoms with Crippen molar-refractivity contribution < 1.29 is 139 Å². The van der Waals surface area contributed by atoms with E-state index in [2.05, 4.69) is 54.5 Å². The van der Waals surface area contributed by atoms with Crippen molar-refractivity contribution in [1.82, 2.24) is 0 Å². The number of hydrogen-bond donors (Lipinski definition) is 16. The van der Waals surface area contributed by atoms with Gasteiger partial charge in [0.2, 0.25) is 6.29 Å². The number of hydrogen-bond acceptors (Lipinski definition) is 27. The molecule has 10 rings (SSSR count). The summed E-state index contributed by atoms with van der Waals surface area (Å²) < 4.78 is 59.8. The zero-order chi connectivity index (χ0) is 64.4. The minimum atomic E-state index is -2.12. The van der Waals surface area contributed by atoms with E-state index in [1.54, 1.807) is 0 Å². The number of rotatable bonds is 14. The Labute approximate surface area is 510 Å². The Morgan fingerprint density at radius 3 is 1.61 bits per heavy atom. The molecule has 28 heteroatoms. The van der Waals surface area contributed by atoms with Gasteiger partial charge in [-0.2, -0.15) is 0 Å². The van der Waals surface area contributed by atoms with Crippen LogP contribution in [-0.4, -0.2) is 273 Å². The maximum Gasteiger partial charge on any atom is 0.335 e. The molecular formula is C60H96O28. The van der Waals surface area contributed by atoms with Gasteiger partial charge in [-0.25, -0.2) is 4.79 Å². The molecule has 33 atom stereocenters. The molecule has 0 bridgehead atoms. The molecule has 88 heavy (non-hydrogen) atoms. The van der Waals surface area contributed by atoms with Crippen molar-refractivity contribution in [3.63, 3.8) is 0 Å². The van der Waals surface area contributed by atoms with Gasteiger partial charge >= 0.3 is 11.9 Å². The van der Waals surface area contributed by atoms with E-state index in [9.17, 15) is 86.5 Å². The van der Waals surface area contributed by atoms with Crippen LogP contribution in [-0.2, 0) is 57.0 Å². The fourth-order valence-corrected chi connectivity index (χ4v) is 17.9. The third-order valence-electron chi connectivity index (χ3n) is 23.5. The van der Waals surface area contributed by atoms with E-state index >= 15 is 4.79 Å². The van der Waals surface area contributed by atoms with Crippen molar-refractivity contribution in [1.29, 1.82) is 0 Å². The number of aliphatic carboxylic acids is 1. The second-order valence-corrected chi connectivity index (χ2v) is 29.1. The van der Waals surface area contributed by atoms with E-state index in [1.807, 2.05) is 0 Å². The second kappa shape index (κ2) is 25.1.